The first-order valence-electron chi connectivity index (χ1n) is 16.6. The van der Waals surface area contributed by atoms with Crippen LogP contribution in [0, 0.1) is 0 Å². The van der Waals surface area contributed by atoms with Gasteiger partial charge in [0.05, 0.1) is 1.37 Å². The Kier molecular flexibility index (Phi) is 5.31. The summed E-state index contributed by atoms with van der Waals surface area (Å²) in [6, 6.07) is 54.3. The highest BCUT2D eigenvalue weighted by Gasteiger charge is 2.24. The molecule has 0 amide bonds. The summed E-state index contributed by atoms with van der Waals surface area (Å²) in [6.45, 7) is 0. The van der Waals surface area contributed by atoms with E-state index in [2.05, 4.69) is 145 Å². The normalized spacial score (nSPS) is 12.2. The van der Waals surface area contributed by atoms with E-state index in [0.29, 0.717) is 6.04 Å². The second kappa shape index (κ2) is 9.94. The van der Waals surface area contributed by atoms with Crippen LogP contribution in [-0.2, 0) is 7.05 Å². The van der Waals surface area contributed by atoms with Crippen LogP contribution in [0.1, 0.15) is 1.37 Å². The topological polar surface area (TPSA) is 18.1 Å². The van der Waals surface area contributed by atoms with Crippen molar-refractivity contribution in [2.75, 3.05) is 0 Å². The zero-order chi connectivity index (χ0) is 31.9. The molecule has 0 spiro atoms. The molecule has 10 aromatic rings. The fraction of sp³-hybridized carbons (Fsp3) is 0.0222. The highest BCUT2D eigenvalue weighted by Crippen LogP contribution is 2.49. The molecule has 2 aromatic heterocycles. The second-order valence-electron chi connectivity index (χ2n) is 12.4. The van der Waals surface area contributed by atoms with Gasteiger partial charge in [-0.3, -0.25) is 0 Å². The van der Waals surface area contributed by atoms with Gasteiger partial charge in [-0.05, 0) is 68.1 Å². The Hall–Kier alpha value is -6.12. The van der Waals surface area contributed by atoms with Crippen LogP contribution in [0.4, 0.5) is 0 Å². The molecule has 0 aliphatic heterocycles. The van der Waals surface area contributed by atoms with E-state index >= 15 is 0 Å². The molecule has 0 radical (unpaired) electrons. The maximum absolute atomic E-state index is 7.97. The monoisotopic (exact) mass is 600 g/mol. The van der Waals surface area contributed by atoms with Crippen LogP contribution in [0.5, 0.6) is 0 Å². The van der Waals surface area contributed by atoms with Crippen LogP contribution >= 0.6 is 0 Å². The van der Waals surface area contributed by atoms with E-state index in [0.717, 1.165) is 55.0 Å². The molecule has 0 aliphatic carbocycles. The number of rotatable bonds is 3. The lowest BCUT2D eigenvalue weighted by Gasteiger charge is -2.16. The highest BCUT2D eigenvalue weighted by atomic mass is 16.3. The lowest BCUT2D eigenvalue weighted by Crippen LogP contribution is -1.91. The van der Waals surface area contributed by atoms with Crippen LogP contribution in [0.15, 0.2) is 162 Å². The quantitative estimate of drug-likeness (QED) is 0.197. The van der Waals surface area contributed by atoms with E-state index in [1.807, 2.05) is 18.2 Å². The maximum Gasteiger partial charge on any atom is 0.144 e. The van der Waals surface area contributed by atoms with Gasteiger partial charge >= 0.3 is 0 Å². The van der Waals surface area contributed by atoms with E-state index < -0.39 is 0 Å². The average Bonchev–Trinajstić information content (AvgIpc) is 3.66. The molecular formula is C45H29NO. The molecule has 2 heteroatoms. The standard InChI is InChI=1S/C45H29NO/c1-46-38-18-8-6-15-35(38)42-37(17-10-19-39(42)46)43-34-14-5-4-13-33(34)41(45-44(43)36-16-7-9-20-40(36)47-45)30-24-21-29(22-25-30)32-26-23-28-11-2-3-12-31(28)27-32/h2-27H,1H3/i2D. The highest BCUT2D eigenvalue weighted by molar-refractivity contribution is 6.30. The SMILES string of the molecule is [2H]c1ccc2cc(-c3ccc(-c4c5ccccc5c(-c5cccc6c5c5ccccc5n6C)c5c4oc4ccccc45)cc3)ccc2c1. The van der Waals surface area contributed by atoms with Crippen LogP contribution in [-0.4, -0.2) is 4.57 Å². The number of fused-ring (bicyclic) bond motifs is 8. The van der Waals surface area contributed by atoms with Crippen LogP contribution in [0.2, 0.25) is 0 Å². The summed E-state index contributed by atoms with van der Waals surface area (Å²) in [4.78, 5) is 0. The zero-order valence-electron chi connectivity index (χ0n) is 26.8. The van der Waals surface area contributed by atoms with Gasteiger partial charge in [0.25, 0.3) is 0 Å². The molecule has 8 aromatic carbocycles. The Morgan fingerprint density at radius 1 is 0.489 bits per heavy atom. The summed E-state index contributed by atoms with van der Waals surface area (Å²) >= 11 is 0. The Morgan fingerprint density at radius 3 is 2.02 bits per heavy atom. The van der Waals surface area contributed by atoms with E-state index in [4.69, 9.17) is 5.79 Å². The molecule has 0 N–H and O–H groups in total. The van der Waals surface area contributed by atoms with Crippen molar-refractivity contribution < 1.29 is 5.79 Å². The van der Waals surface area contributed by atoms with Crippen molar-refractivity contribution in [1.82, 2.24) is 4.57 Å². The summed E-state index contributed by atoms with van der Waals surface area (Å²) in [7, 11) is 2.16. The summed E-state index contributed by atoms with van der Waals surface area (Å²) in [6.07, 6.45) is 0. The number of aryl methyl sites for hydroxylation is 1. The van der Waals surface area contributed by atoms with Crippen molar-refractivity contribution >= 4 is 65.3 Å². The van der Waals surface area contributed by atoms with E-state index in [9.17, 15) is 0 Å². The first-order valence-corrected chi connectivity index (χ1v) is 16.1. The molecule has 0 unspecified atom stereocenters. The molecule has 2 heterocycles. The van der Waals surface area contributed by atoms with E-state index in [-0.39, 0.29) is 0 Å². The van der Waals surface area contributed by atoms with Crippen LogP contribution in [0.3, 0.4) is 0 Å². The van der Waals surface area contributed by atoms with Gasteiger partial charge in [0.15, 0.2) is 0 Å². The molecule has 220 valence electrons. The van der Waals surface area contributed by atoms with Crippen LogP contribution < -0.4 is 0 Å². The number of nitrogens with zero attached hydrogens (tertiary/aromatic N) is 1. The minimum Gasteiger partial charge on any atom is -0.455 e. The smallest absolute Gasteiger partial charge is 0.144 e. The molecule has 0 aliphatic rings. The van der Waals surface area contributed by atoms with Gasteiger partial charge in [-0.2, -0.15) is 0 Å². The Balaban J connectivity index is 1.26. The molecule has 0 saturated carbocycles. The minimum absolute atomic E-state index is 0.531. The van der Waals surface area contributed by atoms with Gasteiger partial charge in [-0.25, -0.2) is 0 Å². The summed E-state index contributed by atoms with van der Waals surface area (Å²) in [5, 5.41) is 9.38. The maximum atomic E-state index is 7.97. The molecule has 0 fully saturated rings. The fourth-order valence-electron chi connectivity index (χ4n) is 7.77. The molecular weight excluding hydrogens is 571 g/mol. The average molecular weight is 601 g/mol. The number of para-hydroxylation sites is 2. The molecule has 10 rings (SSSR count). The Labute approximate surface area is 273 Å². The summed E-state index contributed by atoms with van der Waals surface area (Å²) in [5.41, 5.74) is 11.2. The third-order valence-electron chi connectivity index (χ3n) is 9.94. The Morgan fingerprint density at radius 2 is 1.17 bits per heavy atom. The van der Waals surface area contributed by atoms with Crippen LogP contribution in [0.25, 0.3) is 98.7 Å². The van der Waals surface area contributed by atoms with Crippen molar-refractivity contribution in [3.05, 3.63) is 158 Å². The Bertz CT molecular complexity index is 2910. The first-order chi connectivity index (χ1) is 23.6. The molecule has 0 atom stereocenters. The zero-order valence-corrected chi connectivity index (χ0v) is 25.8. The lowest BCUT2D eigenvalue weighted by molar-refractivity contribution is 0.670. The van der Waals surface area contributed by atoms with E-state index in [1.54, 1.807) is 0 Å². The fourth-order valence-corrected chi connectivity index (χ4v) is 7.77. The van der Waals surface area contributed by atoms with Crippen molar-refractivity contribution in [1.29, 1.82) is 0 Å². The summed E-state index contributed by atoms with van der Waals surface area (Å²) < 4.78 is 17.1. The van der Waals surface area contributed by atoms with Crippen molar-refractivity contribution in [3.63, 3.8) is 0 Å². The molecule has 2 nitrogen and oxygen atoms in total. The third-order valence-corrected chi connectivity index (χ3v) is 9.94. The largest absolute Gasteiger partial charge is 0.455 e. The van der Waals surface area contributed by atoms with Crippen molar-refractivity contribution in [2.24, 2.45) is 7.05 Å². The van der Waals surface area contributed by atoms with Gasteiger partial charge in [0.2, 0.25) is 0 Å². The van der Waals surface area contributed by atoms with E-state index in [1.165, 1.54) is 43.7 Å². The molecule has 0 saturated heterocycles. The van der Waals surface area contributed by atoms with Crippen molar-refractivity contribution in [2.45, 2.75) is 0 Å². The first kappa shape index (κ1) is 25.1. The lowest BCUT2D eigenvalue weighted by atomic mass is 9.86. The number of hydrogen-bond donors (Lipinski definition) is 0. The summed E-state index contributed by atoms with van der Waals surface area (Å²) in [5.74, 6) is 0. The molecule has 0 bridgehead atoms. The second-order valence-corrected chi connectivity index (χ2v) is 12.4. The van der Waals surface area contributed by atoms with Gasteiger partial charge in [0, 0.05) is 50.8 Å². The van der Waals surface area contributed by atoms with Gasteiger partial charge < -0.3 is 8.98 Å². The van der Waals surface area contributed by atoms with Gasteiger partial charge in [0.1, 0.15) is 11.2 Å². The minimum atomic E-state index is 0.531. The third kappa shape index (κ3) is 3.79. The number of benzene rings is 8. The number of hydrogen-bond acceptors (Lipinski definition) is 1. The predicted octanol–water partition coefficient (Wildman–Crippen LogP) is 12.5. The predicted molar refractivity (Wildman–Crippen MR) is 199 cm³/mol. The van der Waals surface area contributed by atoms with Crippen molar-refractivity contribution in [3.8, 4) is 33.4 Å². The van der Waals surface area contributed by atoms with Gasteiger partial charge in [-0.15, -0.1) is 0 Å². The van der Waals surface area contributed by atoms with Gasteiger partial charge in [-0.1, -0.05) is 133 Å². The molecule has 47 heavy (non-hydrogen) atoms. The number of aromatic nitrogens is 1. The number of furan rings is 1.